The summed E-state index contributed by atoms with van der Waals surface area (Å²) in [5.74, 6) is 0. The van der Waals surface area contributed by atoms with Gasteiger partial charge in [-0.1, -0.05) is 60.3 Å². The van der Waals surface area contributed by atoms with E-state index in [0.717, 1.165) is 24.4 Å². The molecule has 0 saturated heterocycles. The highest BCUT2D eigenvalue weighted by Crippen LogP contribution is 2.28. The minimum atomic E-state index is 0.944. The summed E-state index contributed by atoms with van der Waals surface area (Å²) in [4.78, 5) is 2.52. The van der Waals surface area contributed by atoms with Crippen LogP contribution in [0.3, 0.4) is 0 Å². The fourth-order valence-electron chi connectivity index (χ4n) is 2.79. The third-order valence-electron chi connectivity index (χ3n) is 4.02. The second-order valence-electron chi connectivity index (χ2n) is 5.69. The number of hydrogen-bond acceptors (Lipinski definition) is 3. The second kappa shape index (κ2) is 6.93. The number of nitrogens with zero attached hydrogens (tertiary/aromatic N) is 2. The van der Waals surface area contributed by atoms with E-state index >= 15 is 0 Å². The molecule has 0 saturated carbocycles. The Bertz CT molecular complexity index is 827. The lowest BCUT2D eigenvalue weighted by molar-refractivity contribution is 0.922. The van der Waals surface area contributed by atoms with E-state index in [-0.39, 0.29) is 0 Å². The van der Waals surface area contributed by atoms with E-state index in [1.165, 1.54) is 15.4 Å². The molecule has 3 aromatic rings. The van der Waals surface area contributed by atoms with Crippen molar-refractivity contribution in [2.75, 3.05) is 11.6 Å². The second-order valence-corrected chi connectivity index (χ2v) is 6.84. The minimum absolute atomic E-state index is 0.944. The molecule has 1 aliphatic rings. The SMILES string of the molecule is c1ccc(Sc2ccc(C3=NN(c4ccccc4)CC3)cc2)cc1. The van der Waals surface area contributed by atoms with Gasteiger partial charge in [-0.25, -0.2) is 0 Å². The van der Waals surface area contributed by atoms with Crippen LogP contribution < -0.4 is 5.01 Å². The van der Waals surface area contributed by atoms with Crippen molar-refractivity contribution in [2.24, 2.45) is 5.10 Å². The van der Waals surface area contributed by atoms with Gasteiger partial charge < -0.3 is 0 Å². The smallest absolute Gasteiger partial charge is 0.0700 e. The molecule has 4 rings (SSSR count). The van der Waals surface area contributed by atoms with Crippen LogP contribution in [0.15, 0.2) is 99.8 Å². The van der Waals surface area contributed by atoms with Gasteiger partial charge in [0.15, 0.2) is 0 Å². The molecule has 0 aliphatic carbocycles. The Morgan fingerprint density at radius 2 is 1.33 bits per heavy atom. The zero-order valence-electron chi connectivity index (χ0n) is 13.3. The van der Waals surface area contributed by atoms with E-state index in [9.17, 15) is 0 Å². The third kappa shape index (κ3) is 3.36. The van der Waals surface area contributed by atoms with Gasteiger partial charge in [-0.3, -0.25) is 5.01 Å². The molecular weight excluding hydrogens is 312 g/mol. The molecule has 0 radical (unpaired) electrons. The molecule has 0 amide bonds. The molecule has 0 unspecified atom stereocenters. The van der Waals surface area contributed by atoms with Crippen molar-refractivity contribution in [1.82, 2.24) is 0 Å². The van der Waals surface area contributed by atoms with E-state index in [2.05, 4.69) is 77.8 Å². The fourth-order valence-corrected chi connectivity index (χ4v) is 3.62. The van der Waals surface area contributed by atoms with E-state index in [1.54, 1.807) is 11.8 Å². The molecule has 0 bridgehead atoms. The first-order valence-electron chi connectivity index (χ1n) is 8.12. The van der Waals surface area contributed by atoms with Crippen molar-refractivity contribution >= 4 is 23.2 Å². The van der Waals surface area contributed by atoms with E-state index in [1.807, 2.05) is 12.1 Å². The van der Waals surface area contributed by atoms with Gasteiger partial charge in [-0.05, 0) is 42.0 Å². The zero-order valence-corrected chi connectivity index (χ0v) is 14.1. The molecule has 0 aromatic heterocycles. The Morgan fingerprint density at radius 1 is 0.708 bits per heavy atom. The third-order valence-corrected chi connectivity index (χ3v) is 5.04. The summed E-state index contributed by atoms with van der Waals surface area (Å²) in [7, 11) is 0. The highest BCUT2D eigenvalue weighted by Gasteiger charge is 2.17. The molecule has 2 nitrogen and oxygen atoms in total. The summed E-state index contributed by atoms with van der Waals surface area (Å²) in [6.07, 6.45) is 0.986. The largest absolute Gasteiger partial charge is 0.265 e. The number of para-hydroxylation sites is 1. The molecule has 0 N–H and O–H groups in total. The Kier molecular flexibility index (Phi) is 4.34. The highest BCUT2D eigenvalue weighted by atomic mass is 32.2. The maximum absolute atomic E-state index is 4.79. The average Bonchev–Trinajstić information content (AvgIpc) is 3.14. The molecule has 0 atom stereocenters. The molecular formula is C21H18N2S. The standard InChI is InChI=1S/C21H18N2S/c1-3-7-18(8-4-1)23-16-15-21(22-23)17-11-13-20(14-12-17)24-19-9-5-2-6-10-19/h1-14H,15-16H2. The van der Waals surface area contributed by atoms with Crippen LogP contribution >= 0.6 is 11.8 Å². The zero-order chi connectivity index (χ0) is 16.2. The molecule has 0 fully saturated rings. The van der Waals surface area contributed by atoms with Gasteiger partial charge in [0.2, 0.25) is 0 Å². The molecule has 0 spiro atoms. The van der Waals surface area contributed by atoms with Crippen LogP contribution in [-0.2, 0) is 0 Å². The van der Waals surface area contributed by atoms with Gasteiger partial charge in [-0.15, -0.1) is 0 Å². The van der Waals surface area contributed by atoms with Gasteiger partial charge in [0.05, 0.1) is 11.4 Å². The molecule has 118 valence electrons. The van der Waals surface area contributed by atoms with Crippen molar-refractivity contribution < 1.29 is 0 Å². The minimum Gasteiger partial charge on any atom is -0.265 e. The van der Waals surface area contributed by atoms with Crippen LogP contribution in [0.25, 0.3) is 0 Å². The topological polar surface area (TPSA) is 15.6 Å². The summed E-state index contributed by atoms with van der Waals surface area (Å²) >= 11 is 1.79. The van der Waals surface area contributed by atoms with Gasteiger partial charge >= 0.3 is 0 Å². The van der Waals surface area contributed by atoms with Crippen LogP contribution in [0.1, 0.15) is 12.0 Å². The van der Waals surface area contributed by atoms with Crippen LogP contribution in [0.4, 0.5) is 5.69 Å². The number of benzene rings is 3. The maximum Gasteiger partial charge on any atom is 0.0700 e. The van der Waals surface area contributed by atoms with E-state index in [0.29, 0.717) is 0 Å². The number of hydrogen-bond donors (Lipinski definition) is 0. The quantitative estimate of drug-likeness (QED) is 0.632. The van der Waals surface area contributed by atoms with Crippen LogP contribution in [0.5, 0.6) is 0 Å². The molecule has 3 heteroatoms. The summed E-state index contributed by atoms with van der Waals surface area (Å²) in [6, 6.07) is 29.5. The van der Waals surface area contributed by atoms with Crippen LogP contribution in [0, 0.1) is 0 Å². The average molecular weight is 330 g/mol. The monoisotopic (exact) mass is 330 g/mol. The van der Waals surface area contributed by atoms with Gasteiger partial charge in [0.25, 0.3) is 0 Å². The lowest BCUT2D eigenvalue weighted by Gasteiger charge is -2.12. The lowest BCUT2D eigenvalue weighted by Crippen LogP contribution is -2.11. The summed E-state index contributed by atoms with van der Waals surface area (Å²) in [5.41, 5.74) is 3.53. The van der Waals surface area contributed by atoms with E-state index < -0.39 is 0 Å². The van der Waals surface area contributed by atoms with Crippen molar-refractivity contribution in [3.05, 3.63) is 90.5 Å². The summed E-state index contributed by atoms with van der Waals surface area (Å²) in [5, 5.41) is 6.87. The summed E-state index contributed by atoms with van der Waals surface area (Å²) < 4.78 is 0. The van der Waals surface area contributed by atoms with Crippen molar-refractivity contribution in [3.63, 3.8) is 0 Å². The Hall–Kier alpha value is -2.52. The first-order valence-corrected chi connectivity index (χ1v) is 8.93. The normalized spacial score (nSPS) is 13.8. The van der Waals surface area contributed by atoms with Crippen LogP contribution in [-0.4, -0.2) is 12.3 Å². The Morgan fingerprint density at radius 3 is 2.04 bits per heavy atom. The maximum atomic E-state index is 4.79. The van der Waals surface area contributed by atoms with E-state index in [4.69, 9.17) is 5.10 Å². The van der Waals surface area contributed by atoms with Crippen LogP contribution in [0.2, 0.25) is 0 Å². The fraction of sp³-hybridized carbons (Fsp3) is 0.0952. The Labute approximate surface area is 146 Å². The number of rotatable bonds is 4. The van der Waals surface area contributed by atoms with Crippen molar-refractivity contribution in [1.29, 1.82) is 0 Å². The predicted octanol–water partition coefficient (Wildman–Crippen LogP) is 5.45. The molecule has 24 heavy (non-hydrogen) atoms. The first-order chi connectivity index (χ1) is 11.9. The Balaban J connectivity index is 1.49. The number of hydrazone groups is 1. The predicted molar refractivity (Wildman–Crippen MR) is 102 cm³/mol. The molecule has 1 aliphatic heterocycles. The lowest BCUT2D eigenvalue weighted by atomic mass is 10.1. The van der Waals surface area contributed by atoms with Gasteiger partial charge in [0.1, 0.15) is 0 Å². The number of anilines is 1. The highest BCUT2D eigenvalue weighted by molar-refractivity contribution is 7.99. The molecule has 3 aromatic carbocycles. The van der Waals surface area contributed by atoms with Crippen molar-refractivity contribution in [2.45, 2.75) is 16.2 Å². The van der Waals surface area contributed by atoms with Crippen molar-refractivity contribution in [3.8, 4) is 0 Å². The summed E-state index contributed by atoms with van der Waals surface area (Å²) in [6.45, 7) is 0.944. The first kappa shape index (κ1) is 15.0. The van der Waals surface area contributed by atoms with Gasteiger partial charge in [0, 0.05) is 22.8 Å². The molecule has 1 heterocycles. The van der Waals surface area contributed by atoms with Gasteiger partial charge in [-0.2, -0.15) is 5.10 Å².